The fourth-order valence-electron chi connectivity index (χ4n) is 1.77. The molecule has 0 fully saturated rings. The summed E-state index contributed by atoms with van der Waals surface area (Å²) in [6.07, 6.45) is 0. The largest absolute Gasteiger partial charge is 0.495 e. The predicted octanol–water partition coefficient (Wildman–Crippen LogP) is 4.08. The van der Waals surface area contributed by atoms with Crippen molar-refractivity contribution in [2.75, 3.05) is 12.4 Å². The molecule has 0 aliphatic rings. The third-order valence-electron chi connectivity index (χ3n) is 2.81. The molecule has 0 spiro atoms. The molecule has 0 aliphatic heterocycles. The van der Waals surface area contributed by atoms with Crippen LogP contribution in [0.2, 0.25) is 0 Å². The molecule has 0 aromatic heterocycles. The van der Waals surface area contributed by atoms with Crippen molar-refractivity contribution < 1.29 is 9.13 Å². The van der Waals surface area contributed by atoms with Gasteiger partial charge in [0.2, 0.25) is 0 Å². The monoisotopic (exact) mass is 334 g/mol. The molecule has 0 heterocycles. The average molecular weight is 335 g/mol. The Balaban J connectivity index is 2.17. The molecule has 102 valence electrons. The second-order valence-electron chi connectivity index (χ2n) is 4.12. The van der Waals surface area contributed by atoms with Crippen molar-refractivity contribution in [1.29, 1.82) is 5.26 Å². The van der Waals surface area contributed by atoms with Crippen LogP contribution in [0.15, 0.2) is 40.9 Å². The molecule has 0 bridgehead atoms. The van der Waals surface area contributed by atoms with Crippen LogP contribution < -0.4 is 10.1 Å². The van der Waals surface area contributed by atoms with Gasteiger partial charge in [-0.3, -0.25) is 0 Å². The Hall–Kier alpha value is -2.06. The van der Waals surface area contributed by atoms with Crippen LogP contribution in [0.25, 0.3) is 0 Å². The van der Waals surface area contributed by atoms with Crippen molar-refractivity contribution in [2.45, 2.75) is 6.54 Å². The van der Waals surface area contributed by atoms with Crippen molar-refractivity contribution in [3.8, 4) is 11.8 Å². The summed E-state index contributed by atoms with van der Waals surface area (Å²) < 4.78 is 19.9. The van der Waals surface area contributed by atoms with Gasteiger partial charge in [-0.1, -0.05) is 22.0 Å². The molecular weight excluding hydrogens is 323 g/mol. The van der Waals surface area contributed by atoms with Gasteiger partial charge in [0.05, 0.1) is 24.4 Å². The summed E-state index contributed by atoms with van der Waals surface area (Å²) in [6.45, 7) is 0.310. The fraction of sp³-hybridized carbons (Fsp3) is 0.133. The van der Waals surface area contributed by atoms with Gasteiger partial charge in [0.1, 0.15) is 11.6 Å². The van der Waals surface area contributed by atoms with Crippen molar-refractivity contribution in [1.82, 2.24) is 0 Å². The first kappa shape index (κ1) is 14.4. The van der Waals surface area contributed by atoms with Crippen LogP contribution in [0.1, 0.15) is 11.1 Å². The molecule has 0 atom stereocenters. The molecular formula is C15H12BrFN2O. The van der Waals surface area contributed by atoms with E-state index in [4.69, 9.17) is 10.00 Å². The number of halogens is 2. The maximum Gasteiger partial charge on any atom is 0.142 e. The van der Waals surface area contributed by atoms with Crippen LogP contribution in [-0.4, -0.2) is 7.11 Å². The quantitative estimate of drug-likeness (QED) is 0.916. The van der Waals surface area contributed by atoms with Gasteiger partial charge >= 0.3 is 0 Å². The Morgan fingerprint density at radius 1 is 1.30 bits per heavy atom. The van der Waals surface area contributed by atoms with Crippen molar-refractivity contribution in [2.24, 2.45) is 0 Å². The van der Waals surface area contributed by atoms with Crippen molar-refractivity contribution >= 4 is 21.6 Å². The first-order chi connectivity index (χ1) is 9.63. The van der Waals surface area contributed by atoms with Gasteiger partial charge in [-0.05, 0) is 30.3 Å². The number of ether oxygens (including phenoxy) is 1. The molecule has 20 heavy (non-hydrogen) atoms. The highest BCUT2D eigenvalue weighted by Gasteiger charge is 2.06. The van der Waals surface area contributed by atoms with E-state index in [1.165, 1.54) is 6.07 Å². The van der Waals surface area contributed by atoms with Crippen LogP contribution >= 0.6 is 15.9 Å². The van der Waals surface area contributed by atoms with Gasteiger partial charge in [-0.15, -0.1) is 0 Å². The summed E-state index contributed by atoms with van der Waals surface area (Å²) in [5.41, 5.74) is 1.57. The van der Waals surface area contributed by atoms with Crippen molar-refractivity contribution in [3.63, 3.8) is 0 Å². The highest BCUT2D eigenvalue weighted by molar-refractivity contribution is 9.10. The number of hydrogen-bond donors (Lipinski definition) is 1. The zero-order valence-electron chi connectivity index (χ0n) is 10.8. The smallest absolute Gasteiger partial charge is 0.142 e. The van der Waals surface area contributed by atoms with Crippen LogP contribution in [0, 0.1) is 17.1 Å². The first-order valence-corrected chi connectivity index (χ1v) is 6.69. The Bertz CT molecular complexity index is 667. The summed E-state index contributed by atoms with van der Waals surface area (Å²) in [4.78, 5) is 0. The van der Waals surface area contributed by atoms with Gasteiger partial charge < -0.3 is 10.1 Å². The van der Waals surface area contributed by atoms with E-state index in [0.717, 1.165) is 10.2 Å². The minimum Gasteiger partial charge on any atom is -0.495 e. The highest BCUT2D eigenvalue weighted by atomic mass is 79.9. The van der Waals surface area contributed by atoms with Crippen LogP contribution in [0.5, 0.6) is 5.75 Å². The molecule has 2 rings (SSSR count). The molecule has 0 amide bonds. The van der Waals surface area contributed by atoms with E-state index in [9.17, 15) is 4.39 Å². The van der Waals surface area contributed by atoms with E-state index in [0.29, 0.717) is 23.4 Å². The topological polar surface area (TPSA) is 45.0 Å². The molecule has 0 unspecified atom stereocenters. The van der Waals surface area contributed by atoms with Gasteiger partial charge in [-0.25, -0.2) is 4.39 Å². The number of hydrogen-bond acceptors (Lipinski definition) is 3. The van der Waals surface area contributed by atoms with E-state index in [2.05, 4.69) is 21.2 Å². The van der Waals surface area contributed by atoms with Crippen LogP contribution in [0.3, 0.4) is 0 Å². The number of methoxy groups -OCH3 is 1. The number of rotatable bonds is 4. The van der Waals surface area contributed by atoms with Gasteiger partial charge in [0.25, 0.3) is 0 Å². The third-order valence-corrected chi connectivity index (χ3v) is 3.31. The van der Waals surface area contributed by atoms with E-state index in [1.807, 2.05) is 24.3 Å². The molecule has 2 aromatic carbocycles. The minimum absolute atomic E-state index is 0.310. The van der Waals surface area contributed by atoms with E-state index >= 15 is 0 Å². The lowest BCUT2D eigenvalue weighted by Crippen LogP contribution is -2.03. The summed E-state index contributed by atoms with van der Waals surface area (Å²) in [5.74, 6) is 0.285. The molecule has 0 aliphatic carbocycles. The molecule has 0 saturated carbocycles. The SMILES string of the molecule is COc1ccc(Br)cc1NCc1ccc(C#N)cc1F. The Kier molecular flexibility index (Phi) is 4.59. The van der Waals surface area contributed by atoms with Crippen LogP contribution in [-0.2, 0) is 6.54 Å². The fourth-order valence-corrected chi connectivity index (χ4v) is 2.13. The number of anilines is 1. The standard InChI is InChI=1S/C15H12BrFN2O/c1-20-15-5-4-12(16)7-14(15)19-9-11-3-2-10(8-18)6-13(11)17/h2-7,19H,9H2,1H3. The maximum atomic E-state index is 13.8. The Morgan fingerprint density at radius 2 is 2.10 bits per heavy atom. The summed E-state index contributed by atoms with van der Waals surface area (Å²) in [5, 5.41) is 11.8. The summed E-state index contributed by atoms with van der Waals surface area (Å²) >= 11 is 3.38. The number of nitrogens with zero attached hydrogens (tertiary/aromatic N) is 1. The average Bonchev–Trinajstić information content (AvgIpc) is 2.46. The molecule has 3 nitrogen and oxygen atoms in total. The molecule has 1 N–H and O–H groups in total. The van der Waals surface area contributed by atoms with Gasteiger partial charge in [-0.2, -0.15) is 5.26 Å². The van der Waals surface area contributed by atoms with E-state index < -0.39 is 5.82 Å². The second-order valence-corrected chi connectivity index (χ2v) is 5.03. The summed E-state index contributed by atoms with van der Waals surface area (Å²) in [6, 6.07) is 11.9. The second kappa shape index (κ2) is 6.40. The normalized spacial score (nSPS) is 9.90. The number of nitriles is 1. The summed E-state index contributed by atoms with van der Waals surface area (Å²) in [7, 11) is 1.58. The lowest BCUT2D eigenvalue weighted by molar-refractivity contribution is 0.416. The van der Waals surface area contributed by atoms with Crippen LogP contribution in [0.4, 0.5) is 10.1 Å². The lowest BCUT2D eigenvalue weighted by Gasteiger charge is -2.12. The Morgan fingerprint density at radius 3 is 2.75 bits per heavy atom. The lowest BCUT2D eigenvalue weighted by atomic mass is 10.1. The zero-order chi connectivity index (χ0) is 14.5. The van der Waals surface area contributed by atoms with Gasteiger partial charge in [0.15, 0.2) is 0 Å². The maximum absolute atomic E-state index is 13.8. The first-order valence-electron chi connectivity index (χ1n) is 5.90. The van der Waals surface area contributed by atoms with E-state index in [-0.39, 0.29) is 0 Å². The predicted molar refractivity (Wildman–Crippen MR) is 79.1 cm³/mol. The molecule has 0 radical (unpaired) electrons. The minimum atomic E-state index is -0.398. The third kappa shape index (κ3) is 3.28. The Labute approximate surface area is 125 Å². The number of benzene rings is 2. The molecule has 5 heteroatoms. The molecule has 0 saturated heterocycles. The van der Waals surface area contributed by atoms with E-state index in [1.54, 1.807) is 19.2 Å². The molecule has 2 aromatic rings. The van der Waals surface area contributed by atoms with Crippen molar-refractivity contribution in [3.05, 3.63) is 57.8 Å². The van der Waals surface area contributed by atoms with Gasteiger partial charge in [0, 0.05) is 16.6 Å². The highest BCUT2D eigenvalue weighted by Crippen LogP contribution is 2.28. The number of nitrogens with one attached hydrogen (secondary N) is 1. The zero-order valence-corrected chi connectivity index (χ0v) is 12.4.